The Hall–Kier alpha value is -1.69. The molecular weight excluding hydrogens is 326 g/mol. The summed E-state index contributed by atoms with van der Waals surface area (Å²) in [5, 5.41) is 5.61. The van der Waals surface area contributed by atoms with Crippen LogP contribution < -0.4 is 10.6 Å². The molecule has 4 rings (SSSR count). The van der Waals surface area contributed by atoms with Crippen LogP contribution in [0.5, 0.6) is 0 Å². The first-order chi connectivity index (χ1) is 12.1. The molecule has 1 aromatic rings. The number of aryl methyl sites for hydroxylation is 1. The highest BCUT2D eigenvalue weighted by molar-refractivity contribution is 5.74. The molecule has 1 saturated heterocycles. The van der Waals surface area contributed by atoms with E-state index in [2.05, 4.69) is 10.6 Å². The van der Waals surface area contributed by atoms with Gasteiger partial charge in [0.25, 0.3) is 0 Å². The Balaban J connectivity index is 1.30. The third-order valence-electron chi connectivity index (χ3n) is 5.92. The van der Waals surface area contributed by atoms with Gasteiger partial charge >= 0.3 is 6.03 Å². The molecule has 1 aliphatic heterocycles. The van der Waals surface area contributed by atoms with Crippen LogP contribution >= 0.6 is 0 Å². The Labute approximate surface area is 146 Å². The van der Waals surface area contributed by atoms with E-state index in [0.29, 0.717) is 19.4 Å². The van der Waals surface area contributed by atoms with E-state index in [1.807, 2.05) is 0 Å². The molecule has 2 unspecified atom stereocenters. The van der Waals surface area contributed by atoms with Crippen molar-refractivity contribution in [3.63, 3.8) is 0 Å². The number of hydrogen-bond donors (Lipinski definition) is 2. The minimum Gasteiger partial charge on any atom is -0.370 e. The Kier molecular flexibility index (Phi) is 4.40. The van der Waals surface area contributed by atoms with Crippen molar-refractivity contribution in [2.75, 3.05) is 6.54 Å². The van der Waals surface area contributed by atoms with Gasteiger partial charge in [0, 0.05) is 12.1 Å². The number of carbonyl (C=O) groups is 1. The molecule has 136 valence electrons. The first-order valence-corrected chi connectivity index (χ1v) is 9.25. The van der Waals surface area contributed by atoms with Gasteiger partial charge in [0.1, 0.15) is 0 Å². The van der Waals surface area contributed by atoms with E-state index in [1.54, 1.807) is 6.07 Å². The second kappa shape index (κ2) is 6.56. The van der Waals surface area contributed by atoms with Gasteiger partial charge < -0.3 is 15.4 Å². The van der Waals surface area contributed by atoms with Crippen LogP contribution in [0.2, 0.25) is 0 Å². The van der Waals surface area contributed by atoms with E-state index in [4.69, 9.17) is 4.74 Å². The fourth-order valence-corrected chi connectivity index (χ4v) is 4.63. The van der Waals surface area contributed by atoms with Crippen LogP contribution in [-0.2, 0) is 11.2 Å². The Bertz CT molecular complexity index is 674. The van der Waals surface area contributed by atoms with Gasteiger partial charge in [-0.05, 0) is 50.2 Å². The molecule has 3 aliphatic rings. The van der Waals surface area contributed by atoms with Crippen LogP contribution in [0.1, 0.15) is 62.1 Å². The van der Waals surface area contributed by atoms with Gasteiger partial charge in [-0.25, -0.2) is 13.6 Å². The summed E-state index contributed by atoms with van der Waals surface area (Å²) in [6.45, 7) is 0.457. The number of fused-ring (bicyclic) bond motifs is 1. The molecule has 1 spiro atoms. The van der Waals surface area contributed by atoms with E-state index >= 15 is 0 Å². The second-order valence-corrected chi connectivity index (χ2v) is 7.55. The van der Waals surface area contributed by atoms with Crippen LogP contribution in [0, 0.1) is 11.6 Å². The molecule has 0 radical (unpaired) electrons. The number of rotatable bonds is 3. The topological polar surface area (TPSA) is 50.4 Å². The van der Waals surface area contributed by atoms with Gasteiger partial charge in [-0.1, -0.05) is 18.9 Å². The van der Waals surface area contributed by atoms with Crippen molar-refractivity contribution in [3.8, 4) is 0 Å². The van der Waals surface area contributed by atoms with Crippen molar-refractivity contribution in [1.29, 1.82) is 0 Å². The third-order valence-corrected chi connectivity index (χ3v) is 5.92. The van der Waals surface area contributed by atoms with Crippen molar-refractivity contribution in [2.24, 2.45) is 0 Å². The molecule has 4 nitrogen and oxygen atoms in total. The summed E-state index contributed by atoms with van der Waals surface area (Å²) in [7, 11) is 0. The highest BCUT2D eigenvalue weighted by Crippen LogP contribution is 2.43. The SMILES string of the molecule is O=C(NCC1CCC2(CCCC2)O1)NC1CCc2ccc(F)c(F)c21. The first-order valence-electron chi connectivity index (χ1n) is 9.25. The van der Waals surface area contributed by atoms with Crippen molar-refractivity contribution in [2.45, 2.75) is 69.1 Å². The second-order valence-electron chi connectivity index (χ2n) is 7.55. The molecule has 0 aromatic heterocycles. The standard InChI is InChI=1S/C19H24F2N2O2/c20-14-5-3-12-4-6-15(16(12)17(14)21)23-18(24)22-11-13-7-10-19(25-13)8-1-2-9-19/h3,5,13,15H,1-2,4,6-11H2,(H2,22,23,24). The quantitative estimate of drug-likeness (QED) is 0.872. The molecule has 1 heterocycles. The highest BCUT2D eigenvalue weighted by atomic mass is 19.2. The van der Waals surface area contributed by atoms with Gasteiger partial charge in [-0.2, -0.15) is 0 Å². The predicted molar refractivity (Wildman–Crippen MR) is 89.3 cm³/mol. The van der Waals surface area contributed by atoms with Crippen LogP contribution in [0.4, 0.5) is 13.6 Å². The van der Waals surface area contributed by atoms with Crippen LogP contribution in [0.25, 0.3) is 0 Å². The smallest absolute Gasteiger partial charge is 0.315 e. The fraction of sp³-hybridized carbons (Fsp3) is 0.632. The van der Waals surface area contributed by atoms with E-state index < -0.39 is 17.7 Å². The summed E-state index contributed by atoms with van der Waals surface area (Å²) in [6, 6.07) is 1.92. The normalized spacial score (nSPS) is 26.8. The molecule has 25 heavy (non-hydrogen) atoms. The van der Waals surface area contributed by atoms with Crippen LogP contribution in [0.3, 0.4) is 0 Å². The number of ether oxygens (including phenoxy) is 1. The lowest BCUT2D eigenvalue weighted by Gasteiger charge is -2.24. The number of amides is 2. The average Bonchev–Trinajstić information content (AvgIpc) is 3.32. The molecule has 1 saturated carbocycles. The van der Waals surface area contributed by atoms with Gasteiger partial charge in [0.15, 0.2) is 11.6 Å². The Morgan fingerprint density at radius 3 is 2.80 bits per heavy atom. The van der Waals surface area contributed by atoms with E-state index in [1.165, 1.54) is 12.8 Å². The number of carbonyl (C=O) groups excluding carboxylic acids is 1. The lowest BCUT2D eigenvalue weighted by Crippen LogP contribution is -2.41. The lowest BCUT2D eigenvalue weighted by atomic mass is 9.98. The van der Waals surface area contributed by atoms with Gasteiger partial charge in [0.05, 0.1) is 17.7 Å². The monoisotopic (exact) mass is 350 g/mol. The summed E-state index contributed by atoms with van der Waals surface area (Å²) in [5.74, 6) is -1.71. The number of nitrogens with one attached hydrogen (secondary N) is 2. The minimum atomic E-state index is -0.867. The summed E-state index contributed by atoms with van der Waals surface area (Å²) >= 11 is 0. The van der Waals surface area contributed by atoms with Crippen LogP contribution in [-0.4, -0.2) is 24.3 Å². The lowest BCUT2D eigenvalue weighted by molar-refractivity contribution is -0.0342. The number of benzene rings is 1. The molecule has 0 bridgehead atoms. The number of halogens is 2. The highest BCUT2D eigenvalue weighted by Gasteiger charge is 2.42. The molecule has 1 aromatic carbocycles. The van der Waals surface area contributed by atoms with Gasteiger partial charge in [-0.15, -0.1) is 0 Å². The summed E-state index contributed by atoms with van der Waals surface area (Å²) in [4.78, 5) is 12.2. The maximum atomic E-state index is 14.0. The van der Waals surface area contributed by atoms with Gasteiger partial charge in [-0.3, -0.25) is 0 Å². The molecule has 2 fully saturated rings. The van der Waals surface area contributed by atoms with E-state index in [-0.39, 0.29) is 23.3 Å². The molecule has 2 N–H and O–H groups in total. The third kappa shape index (κ3) is 3.24. The Morgan fingerprint density at radius 1 is 1.20 bits per heavy atom. The maximum absolute atomic E-state index is 14.0. The van der Waals surface area contributed by atoms with Crippen molar-refractivity contribution >= 4 is 6.03 Å². The zero-order chi connectivity index (χ0) is 17.4. The molecular formula is C19H24F2N2O2. The Morgan fingerprint density at radius 2 is 2.00 bits per heavy atom. The zero-order valence-corrected chi connectivity index (χ0v) is 14.2. The number of hydrogen-bond acceptors (Lipinski definition) is 2. The summed E-state index contributed by atoms with van der Waals surface area (Å²) in [6.07, 6.45) is 8.02. The molecule has 2 atom stereocenters. The van der Waals surface area contributed by atoms with Crippen LogP contribution in [0.15, 0.2) is 12.1 Å². The average molecular weight is 350 g/mol. The minimum absolute atomic E-state index is 0.0495. The van der Waals surface area contributed by atoms with Crippen molar-refractivity contribution in [3.05, 3.63) is 34.9 Å². The number of urea groups is 1. The fourth-order valence-electron chi connectivity index (χ4n) is 4.63. The first kappa shape index (κ1) is 16.8. The summed E-state index contributed by atoms with van der Waals surface area (Å²) in [5.41, 5.74) is 1.11. The van der Waals surface area contributed by atoms with Crippen molar-refractivity contribution < 1.29 is 18.3 Å². The van der Waals surface area contributed by atoms with Crippen molar-refractivity contribution in [1.82, 2.24) is 10.6 Å². The zero-order valence-electron chi connectivity index (χ0n) is 14.2. The maximum Gasteiger partial charge on any atom is 0.315 e. The van der Waals surface area contributed by atoms with E-state index in [9.17, 15) is 13.6 Å². The molecule has 2 amide bonds. The van der Waals surface area contributed by atoms with Gasteiger partial charge in [0.2, 0.25) is 0 Å². The predicted octanol–water partition coefficient (Wildman–Crippen LogP) is 3.74. The largest absolute Gasteiger partial charge is 0.370 e. The summed E-state index contributed by atoms with van der Waals surface area (Å²) < 4.78 is 33.7. The molecule has 2 aliphatic carbocycles. The molecule has 6 heteroatoms. The van der Waals surface area contributed by atoms with E-state index in [0.717, 1.165) is 37.3 Å².